The molecule has 0 bridgehead atoms. The number of aliphatic hydroxyl groups is 2. The van der Waals surface area contributed by atoms with Crippen LogP contribution in [0.3, 0.4) is 0 Å². The van der Waals surface area contributed by atoms with Crippen molar-refractivity contribution in [1.82, 2.24) is 5.32 Å². The molecule has 0 rings (SSSR count). The smallest absolute Gasteiger partial charge is 0.305 e. The quantitative estimate of drug-likeness (QED) is 0.0320. The van der Waals surface area contributed by atoms with Gasteiger partial charge in [-0.25, -0.2) is 0 Å². The number of rotatable bonds is 65. The molecule has 0 aliphatic carbocycles. The van der Waals surface area contributed by atoms with E-state index in [4.69, 9.17) is 4.74 Å². The molecule has 77 heavy (non-hydrogen) atoms. The molecule has 2 atom stereocenters. The van der Waals surface area contributed by atoms with E-state index in [1.807, 2.05) is 0 Å². The van der Waals surface area contributed by atoms with Gasteiger partial charge in [0.05, 0.1) is 25.4 Å². The summed E-state index contributed by atoms with van der Waals surface area (Å²) in [6.45, 7) is 4.94. The van der Waals surface area contributed by atoms with Crippen molar-refractivity contribution >= 4 is 11.9 Å². The van der Waals surface area contributed by atoms with E-state index in [9.17, 15) is 19.8 Å². The first-order chi connectivity index (χ1) is 38.0. The first-order valence-electron chi connectivity index (χ1n) is 34.7. The van der Waals surface area contributed by atoms with E-state index in [0.29, 0.717) is 25.9 Å². The first-order valence-corrected chi connectivity index (χ1v) is 34.7. The Kier molecular flexibility index (Phi) is 64.9. The van der Waals surface area contributed by atoms with Crippen molar-refractivity contribution in [2.45, 2.75) is 392 Å². The lowest BCUT2D eigenvalue weighted by Crippen LogP contribution is -2.45. The lowest BCUT2D eigenvalue weighted by atomic mass is 10.0. The minimum atomic E-state index is -0.660. The van der Waals surface area contributed by atoms with Crippen molar-refractivity contribution in [1.29, 1.82) is 0 Å². The van der Waals surface area contributed by atoms with Crippen molar-refractivity contribution in [2.24, 2.45) is 0 Å². The summed E-state index contributed by atoms with van der Waals surface area (Å²) in [5.41, 5.74) is 0. The molecule has 1 amide bonds. The van der Waals surface area contributed by atoms with E-state index in [-0.39, 0.29) is 18.5 Å². The Hall–Kier alpha value is -1.92. The molecule has 3 N–H and O–H groups in total. The van der Waals surface area contributed by atoms with Crippen LogP contribution in [-0.2, 0) is 14.3 Å². The number of carbonyl (C=O) groups is 2. The van der Waals surface area contributed by atoms with E-state index in [0.717, 1.165) is 51.4 Å². The van der Waals surface area contributed by atoms with Gasteiger partial charge in [-0.15, -0.1) is 0 Å². The predicted molar refractivity (Wildman–Crippen MR) is 338 cm³/mol. The number of allylic oxidation sites excluding steroid dienone is 6. The Morgan fingerprint density at radius 2 is 0.649 bits per heavy atom. The van der Waals surface area contributed by atoms with Crippen LogP contribution in [0, 0.1) is 0 Å². The summed E-state index contributed by atoms with van der Waals surface area (Å²) < 4.78 is 5.50. The molecular formula is C71H135NO5. The Bertz CT molecular complexity index is 1250. The number of carbonyl (C=O) groups excluding carboxylic acids is 2. The highest BCUT2D eigenvalue weighted by atomic mass is 16.5. The van der Waals surface area contributed by atoms with Crippen LogP contribution >= 0.6 is 0 Å². The highest BCUT2D eigenvalue weighted by Crippen LogP contribution is 2.18. The van der Waals surface area contributed by atoms with E-state index in [2.05, 4.69) is 55.6 Å². The van der Waals surface area contributed by atoms with Gasteiger partial charge in [0.1, 0.15) is 0 Å². The highest BCUT2D eigenvalue weighted by Gasteiger charge is 2.20. The fourth-order valence-corrected chi connectivity index (χ4v) is 10.8. The van der Waals surface area contributed by atoms with E-state index in [1.165, 1.54) is 295 Å². The van der Waals surface area contributed by atoms with Crippen LogP contribution in [0.1, 0.15) is 380 Å². The van der Waals surface area contributed by atoms with Crippen molar-refractivity contribution < 1.29 is 24.5 Å². The molecule has 0 saturated carbocycles. The molecule has 0 saturated heterocycles. The summed E-state index contributed by atoms with van der Waals surface area (Å²) in [5, 5.41) is 23.2. The second kappa shape index (κ2) is 66.6. The summed E-state index contributed by atoms with van der Waals surface area (Å²) in [4.78, 5) is 24.5. The maximum atomic E-state index is 12.4. The molecule has 0 aliphatic heterocycles. The maximum absolute atomic E-state index is 12.4. The van der Waals surface area contributed by atoms with Crippen LogP contribution in [-0.4, -0.2) is 47.4 Å². The number of hydrogen-bond acceptors (Lipinski definition) is 5. The van der Waals surface area contributed by atoms with Gasteiger partial charge in [-0.05, 0) is 83.5 Å². The van der Waals surface area contributed by atoms with E-state index < -0.39 is 12.1 Å². The molecule has 0 fully saturated rings. The molecule has 0 spiro atoms. The normalized spacial score (nSPS) is 12.7. The first kappa shape index (κ1) is 75.1. The highest BCUT2D eigenvalue weighted by molar-refractivity contribution is 5.76. The van der Waals surface area contributed by atoms with Gasteiger partial charge in [0.25, 0.3) is 0 Å². The average molecular weight is 1080 g/mol. The third-order valence-electron chi connectivity index (χ3n) is 16.2. The Labute approximate surface area is 481 Å². The summed E-state index contributed by atoms with van der Waals surface area (Å²) in [5.74, 6) is -0.0216. The van der Waals surface area contributed by atoms with Gasteiger partial charge >= 0.3 is 5.97 Å². The number of hydrogen-bond donors (Lipinski definition) is 3. The number of unbranched alkanes of at least 4 members (excludes halogenated alkanes) is 48. The summed E-state index contributed by atoms with van der Waals surface area (Å²) >= 11 is 0. The number of esters is 1. The standard InChI is InChI=1S/C71H135NO5/c1-3-5-7-9-11-13-15-16-17-18-36-39-42-45-49-53-57-61-65-71(76)77-66-62-58-54-50-46-43-40-37-34-32-30-28-26-24-22-20-19-21-23-25-27-29-31-33-35-38-41-44-48-52-56-60-64-70(75)72-68(67-73)69(74)63-59-55-51-47-14-12-10-8-6-4-2/h13,15,17-18,22,24,68-69,73-74H,3-12,14,16,19-21,23,25-67H2,1-2H3,(H,72,75)/b15-13-,18-17-,24-22-. The van der Waals surface area contributed by atoms with Crippen molar-refractivity contribution in [2.75, 3.05) is 13.2 Å². The minimum Gasteiger partial charge on any atom is -0.466 e. The molecule has 2 unspecified atom stereocenters. The average Bonchev–Trinajstić information content (AvgIpc) is 3.43. The fraction of sp³-hybridized carbons (Fsp3) is 0.887. The minimum absolute atomic E-state index is 0.0111. The molecule has 0 aromatic rings. The number of nitrogens with one attached hydrogen (secondary N) is 1. The van der Waals surface area contributed by atoms with Gasteiger partial charge in [-0.1, -0.05) is 320 Å². The van der Waals surface area contributed by atoms with Gasteiger partial charge in [0.2, 0.25) is 5.91 Å². The van der Waals surface area contributed by atoms with Crippen LogP contribution in [0.2, 0.25) is 0 Å². The van der Waals surface area contributed by atoms with Crippen LogP contribution in [0.25, 0.3) is 0 Å². The fourth-order valence-electron chi connectivity index (χ4n) is 10.8. The SMILES string of the molecule is CCCCCC/C=C\C/C=C\CCCCCCCCCC(=O)OCCCCCCCCCCCCCC/C=C\CCCCCCCCCCCCCCCCCCC(=O)NC(CO)C(O)CCCCCCCCCCCC. The second-order valence-corrected chi connectivity index (χ2v) is 23.9. The Morgan fingerprint density at radius 3 is 1.01 bits per heavy atom. The number of ether oxygens (including phenoxy) is 1. The topological polar surface area (TPSA) is 95.9 Å². The van der Waals surface area contributed by atoms with E-state index in [1.54, 1.807) is 0 Å². The Balaban J connectivity index is 3.33. The number of amides is 1. The second-order valence-electron chi connectivity index (χ2n) is 23.9. The van der Waals surface area contributed by atoms with Crippen LogP contribution in [0.4, 0.5) is 0 Å². The lowest BCUT2D eigenvalue weighted by Gasteiger charge is -2.22. The van der Waals surface area contributed by atoms with Crippen LogP contribution in [0.15, 0.2) is 36.5 Å². The van der Waals surface area contributed by atoms with E-state index >= 15 is 0 Å². The molecule has 0 aromatic carbocycles. The predicted octanol–water partition coefficient (Wildman–Crippen LogP) is 22.3. The Morgan fingerprint density at radius 1 is 0.364 bits per heavy atom. The zero-order valence-electron chi connectivity index (χ0n) is 52.0. The van der Waals surface area contributed by atoms with Crippen LogP contribution < -0.4 is 5.32 Å². The van der Waals surface area contributed by atoms with Crippen molar-refractivity contribution in [3.63, 3.8) is 0 Å². The third-order valence-corrected chi connectivity index (χ3v) is 16.2. The van der Waals surface area contributed by atoms with Gasteiger partial charge in [0.15, 0.2) is 0 Å². The van der Waals surface area contributed by atoms with Crippen LogP contribution in [0.5, 0.6) is 0 Å². The third kappa shape index (κ3) is 63.1. The molecule has 0 aromatic heterocycles. The maximum Gasteiger partial charge on any atom is 0.305 e. The molecule has 6 heteroatoms. The summed E-state index contributed by atoms with van der Waals surface area (Å²) in [7, 11) is 0. The molecule has 6 nitrogen and oxygen atoms in total. The van der Waals surface area contributed by atoms with Gasteiger partial charge < -0.3 is 20.3 Å². The zero-order valence-corrected chi connectivity index (χ0v) is 52.0. The molecule has 0 heterocycles. The van der Waals surface area contributed by atoms with Gasteiger partial charge in [-0.2, -0.15) is 0 Å². The molecule has 0 radical (unpaired) electrons. The molecule has 0 aliphatic rings. The largest absolute Gasteiger partial charge is 0.466 e. The zero-order chi connectivity index (χ0) is 55.7. The number of aliphatic hydroxyl groups excluding tert-OH is 2. The summed E-state index contributed by atoms with van der Waals surface area (Å²) in [6, 6.07) is -0.538. The summed E-state index contributed by atoms with van der Waals surface area (Å²) in [6.07, 6.45) is 84.9. The molecular weight excluding hydrogens is 947 g/mol. The monoisotopic (exact) mass is 1080 g/mol. The van der Waals surface area contributed by atoms with Crippen molar-refractivity contribution in [3.05, 3.63) is 36.5 Å². The molecule has 454 valence electrons. The van der Waals surface area contributed by atoms with Crippen molar-refractivity contribution in [3.8, 4) is 0 Å². The van der Waals surface area contributed by atoms with Gasteiger partial charge in [0, 0.05) is 12.8 Å². The van der Waals surface area contributed by atoms with Gasteiger partial charge in [-0.3, -0.25) is 9.59 Å². The lowest BCUT2D eigenvalue weighted by molar-refractivity contribution is -0.143.